The maximum Gasteiger partial charge on any atom is 0.401 e. The lowest BCUT2D eigenvalue weighted by atomic mass is 9.87. The summed E-state index contributed by atoms with van der Waals surface area (Å²) >= 11 is 2.99. The highest BCUT2D eigenvalue weighted by Gasteiger charge is 2.34. The first kappa shape index (κ1) is 12.8. The number of carbonyl (C=O) groups excluding carboxylic acids is 1. The summed E-state index contributed by atoms with van der Waals surface area (Å²) in [5.74, 6) is -0.130. The Morgan fingerprint density at radius 3 is 2.40 bits per heavy atom. The summed E-state index contributed by atoms with van der Waals surface area (Å²) in [6.07, 6.45) is -3.03. The number of hydrogen-bond donors (Lipinski definition) is 2. The molecule has 0 aromatic carbocycles. The van der Waals surface area contributed by atoms with Crippen molar-refractivity contribution in [3.8, 4) is 0 Å². The average molecular weight is 289 g/mol. The summed E-state index contributed by atoms with van der Waals surface area (Å²) in [7, 11) is 0. The van der Waals surface area contributed by atoms with Crippen molar-refractivity contribution >= 4 is 21.8 Å². The number of hydrogen-bond acceptors (Lipinski definition) is 2. The lowest BCUT2D eigenvalue weighted by Crippen LogP contribution is -2.54. The molecule has 0 aromatic heterocycles. The molecule has 0 atom stereocenters. The molecule has 0 aliphatic heterocycles. The Morgan fingerprint density at radius 1 is 1.33 bits per heavy atom. The van der Waals surface area contributed by atoms with Gasteiger partial charge in [0.1, 0.15) is 0 Å². The van der Waals surface area contributed by atoms with Crippen molar-refractivity contribution in [2.45, 2.75) is 31.1 Å². The van der Waals surface area contributed by atoms with E-state index in [1.165, 1.54) is 0 Å². The quantitative estimate of drug-likeness (QED) is 0.763. The molecule has 0 spiro atoms. The number of alkyl halides is 4. The van der Waals surface area contributed by atoms with E-state index in [0.29, 0.717) is 12.8 Å². The van der Waals surface area contributed by atoms with E-state index >= 15 is 0 Å². The van der Waals surface area contributed by atoms with Crippen LogP contribution in [0.15, 0.2) is 0 Å². The molecule has 1 aliphatic carbocycles. The molecule has 0 radical (unpaired) electrons. The molecule has 2 N–H and O–H groups in total. The maximum atomic E-state index is 11.8. The van der Waals surface area contributed by atoms with Gasteiger partial charge in [-0.25, -0.2) is 0 Å². The first-order valence-corrected chi connectivity index (χ1v) is 5.68. The molecule has 0 bridgehead atoms. The molecule has 0 heterocycles. The van der Waals surface area contributed by atoms with Gasteiger partial charge in [0.25, 0.3) is 0 Å². The highest BCUT2D eigenvalue weighted by atomic mass is 79.9. The Morgan fingerprint density at radius 2 is 1.93 bits per heavy atom. The second-order valence-corrected chi connectivity index (χ2v) is 4.12. The minimum absolute atomic E-state index is 0.0146. The van der Waals surface area contributed by atoms with Gasteiger partial charge in [0.05, 0.1) is 11.9 Å². The first-order chi connectivity index (χ1) is 6.90. The summed E-state index contributed by atoms with van der Waals surface area (Å²) in [5, 5.41) is 5.30. The summed E-state index contributed by atoms with van der Waals surface area (Å²) < 4.78 is 35.4. The fourth-order valence-corrected chi connectivity index (χ4v) is 1.59. The number of nitrogens with one attached hydrogen (secondary N) is 2. The van der Waals surface area contributed by atoms with Crippen LogP contribution in [0.5, 0.6) is 0 Å². The largest absolute Gasteiger partial charge is 0.401 e. The van der Waals surface area contributed by atoms with Gasteiger partial charge in [0.15, 0.2) is 0 Å². The van der Waals surface area contributed by atoms with Gasteiger partial charge in [0, 0.05) is 12.1 Å². The fourth-order valence-electron chi connectivity index (χ4n) is 1.43. The van der Waals surface area contributed by atoms with Crippen LogP contribution in [0.25, 0.3) is 0 Å². The van der Waals surface area contributed by atoms with E-state index in [1.807, 2.05) is 0 Å². The zero-order chi connectivity index (χ0) is 11.5. The van der Waals surface area contributed by atoms with Crippen LogP contribution >= 0.6 is 15.9 Å². The van der Waals surface area contributed by atoms with Gasteiger partial charge in [-0.2, -0.15) is 13.2 Å². The van der Waals surface area contributed by atoms with Gasteiger partial charge in [-0.1, -0.05) is 15.9 Å². The van der Waals surface area contributed by atoms with Crippen LogP contribution < -0.4 is 10.6 Å². The lowest BCUT2D eigenvalue weighted by molar-refractivity contribution is -0.128. The van der Waals surface area contributed by atoms with Crippen molar-refractivity contribution in [3.63, 3.8) is 0 Å². The molecule has 88 valence electrons. The molecular formula is C8H12BrF3N2O. The van der Waals surface area contributed by atoms with Gasteiger partial charge >= 0.3 is 6.18 Å². The lowest BCUT2D eigenvalue weighted by Gasteiger charge is -2.36. The van der Waals surface area contributed by atoms with Crippen LogP contribution in [0.4, 0.5) is 13.2 Å². The van der Waals surface area contributed by atoms with Crippen LogP contribution in [0.2, 0.25) is 0 Å². The van der Waals surface area contributed by atoms with Gasteiger partial charge in [-0.3, -0.25) is 4.79 Å². The Balaban J connectivity index is 2.08. The summed E-state index contributed by atoms with van der Waals surface area (Å²) in [6, 6.07) is -0.118. The Labute approximate surface area is 93.9 Å². The van der Waals surface area contributed by atoms with Crippen molar-refractivity contribution < 1.29 is 18.0 Å². The number of carbonyl (C=O) groups is 1. The van der Waals surface area contributed by atoms with Gasteiger partial charge in [0.2, 0.25) is 5.91 Å². The zero-order valence-corrected chi connectivity index (χ0v) is 9.49. The molecule has 1 aliphatic rings. The van der Waals surface area contributed by atoms with E-state index in [1.54, 1.807) is 0 Å². The molecule has 1 amide bonds. The highest BCUT2D eigenvalue weighted by Crippen LogP contribution is 2.21. The van der Waals surface area contributed by atoms with E-state index in [2.05, 4.69) is 26.6 Å². The zero-order valence-electron chi connectivity index (χ0n) is 7.90. The number of halogens is 4. The molecule has 0 unspecified atom stereocenters. The van der Waals surface area contributed by atoms with Crippen LogP contribution in [-0.2, 0) is 4.79 Å². The van der Waals surface area contributed by atoms with E-state index in [4.69, 9.17) is 0 Å². The van der Waals surface area contributed by atoms with Gasteiger partial charge in [-0.15, -0.1) is 0 Å². The Kier molecular flexibility index (Phi) is 4.39. The van der Waals surface area contributed by atoms with Crippen molar-refractivity contribution in [3.05, 3.63) is 0 Å². The second kappa shape index (κ2) is 5.16. The van der Waals surface area contributed by atoms with E-state index in [9.17, 15) is 18.0 Å². The third-order valence-corrected chi connectivity index (χ3v) is 2.73. The molecule has 3 nitrogen and oxygen atoms in total. The topological polar surface area (TPSA) is 41.1 Å². The molecule has 1 saturated carbocycles. The van der Waals surface area contributed by atoms with E-state index in [0.717, 1.165) is 0 Å². The van der Waals surface area contributed by atoms with E-state index in [-0.39, 0.29) is 23.3 Å². The van der Waals surface area contributed by atoms with Crippen molar-refractivity contribution in [1.82, 2.24) is 10.6 Å². The van der Waals surface area contributed by atoms with Crippen LogP contribution in [0.3, 0.4) is 0 Å². The monoisotopic (exact) mass is 288 g/mol. The summed E-state index contributed by atoms with van der Waals surface area (Å²) in [5.41, 5.74) is 0. The predicted molar refractivity (Wildman–Crippen MR) is 52.8 cm³/mol. The molecule has 1 fully saturated rings. The van der Waals surface area contributed by atoms with Crippen LogP contribution in [0.1, 0.15) is 12.8 Å². The van der Waals surface area contributed by atoms with Crippen molar-refractivity contribution in [2.24, 2.45) is 0 Å². The average Bonchev–Trinajstić information content (AvgIpc) is 2.06. The first-order valence-electron chi connectivity index (χ1n) is 4.56. The number of amides is 1. The molecular weight excluding hydrogens is 277 g/mol. The van der Waals surface area contributed by atoms with Crippen molar-refractivity contribution in [2.75, 3.05) is 11.9 Å². The fraction of sp³-hybridized carbons (Fsp3) is 0.875. The Hall–Kier alpha value is -0.300. The van der Waals surface area contributed by atoms with Crippen molar-refractivity contribution in [1.29, 1.82) is 0 Å². The maximum absolute atomic E-state index is 11.8. The predicted octanol–water partition coefficient (Wildman–Crippen LogP) is 1.18. The molecule has 7 heteroatoms. The highest BCUT2D eigenvalue weighted by molar-refractivity contribution is 9.09. The minimum Gasteiger partial charge on any atom is -0.353 e. The Bertz CT molecular complexity index is 228. The van der Waals surface area contributed by atoms with E-state index < -0.39 is 12.7 Å². The van der Waals surface area contributed by atoms with Crippen LogP contribution in [-0.4, -0.2) is 36.0 Å². The summed E-state index contributed by atoms with van der Waals surface area (Å²) in [6.45, 7) is -0.962. The summed E-state index contributed by atoms with van der Waals surface area (Å²) in [4.78, 5) is 10.9. The molecule has 15 heavy (non-hydrogen) atoms. The van der Waals surface area contributed by atoms with Gasteiger partial charge < -0.3 is 10.6 Å². The third kappa shape index (κ3) is 4.83. The van der Waals surface area contributed by atoms with Gasteiger partial charge in [-0.05, 0) is 12.8 Å². The smallest absolute Gasteiger partial charge is 0.353 e. The molecule has 0 saturated heterocycles. The second-order valence-electron chi connectivity index (χ2n) is 3.56. The normalized spacial score (nSPS) is 25.9. The SMILES string of the molecule is O=C(CBr)NC1CC(NCC(F)(F)F)C1. The number of rotatable bonds is 4. The minimum atomic E-state index is -4.16. The third-order valence-electron chi connectivity index (χ3n) is 2.22. The molecule has 1 rings (SSSR count). The standard InChI is InChI=1S/C8H12BrF3N2O/c9-3-7(15)14-6-1-5(2-6)13-4-8(10,11)12/h5-6,13H,1-4H2,(H,14,15). The molecule has 0 aromatic rings. The van der Waals surface area contributed by atoms with Crippen LogP contribution in [0, 0.1) is 0 Å².